The molecule has 0 aromatic heterocycles. The van der Waals surface area contributed by atoms with Gasteiger partial charge in [0.15, 0.2) is 0 Å². The number of halogens is 3. The molecule has 0 spiro atoms. The number of hydrogen-bond acceptors (Lipinski definition) is 6. The number of carbonyl (C=O) groups is 1. The number of benzene rings is 3. The van der Waals surface area contributed by atoms with Gasteiger partial charge in [-0.15, -0.1) is 11.6 Å². The van der Waals surface area contributed by atoms with Crippen LogP contribution in [0.3, 0.4) is 0 Å². The molecule has 8 nitrogen and oxygen atoms in total. The summed E-state index contributed by atoms with van der Waals surface area (Å²) in [6, 6.07) is 6.21. The number of carboxylic acid groups (broad SMARTS) is 1. The smallest absolute Gasteiger partial charge is 0.337 e. The molecular weight excluding hydrogens is 757 g/mol. The number of alkyl halides is 1. The van der Waals surface area contributed by atoms with Crippen molar-refractivity contribution in [3.63, 3.8) is 0 Å². The van der Waals surface area contributed by atoms with Gasteiger partial charge in [0.05, 0.1) is 46.7 Å². The molecule has 8 rings (SSSR count). The minimum absolute atomic E-state index is 0.0116. The number of rotatable bonds is 15. The molecule has 0 atom stereocenters. The fraction of sp³-hybridized carbons (Fsp3) is 0.545. The Labute approximate surface area is 339 Å². The van der Waals surface area contributed by atoms with Crippen molar-refractivity contribution >= 4 is 57.7 Å². The molecule has 294 valence electrons. The molecule has 0 bridgehead atoms. The van der Waals surface area contributed by atoms with E-state index in [-0.39, 0.29) is 10.6 Å². The highest BCUT2D eigenvalue weighted by molar-refractivity contribution is 6.39. The predicted octanol–water partition coefficient (Wildman–Crippen LogP) is 8.15. The molecule has 5 aliphatic rings. The van der Waals surface area contributed by atoms with Gasteiger partial charge in [-0.2, -0.15) is 0 Å². The Morgan fingerprint density at radius 2 is 1.58 bits per heavy atom. The molecule has 5 aliphatic heterocycles. The summed E-state index contributed by atoms with van der Waals surface area (Å²) in [4.78, 5) is 15.8. The van der Waals surface area contributed by atoms with E-state index in [0.29, 0.717) is 48.5 Å². The molecular formula is C44H53Cl3N3O5+. The summed E-state index contributed by atoms with van der Waals surface area (Å²) in [7, 11) is 0. The van der Waals surface area contributed by atoms with Crippen molar-refractivity contribution in [1.82, 2.24) is 4.58 Å². The van der Waals surface area contributed by atoms with Crippen molar-refractivity contribution < 1.29 is 24.1 Å². The standard InChI is InChI=1S/C44H52Cl3N3O5/c45-15-5-1-2-8-21-53-23-24-54-22-16-48-35-27-34(46)37(44(51)52)38(39(35)47)36-32-25-28-11-3-6-17-49-19-9-13-30(40(28)49)42(32)55-43-31-14-10-20-50-18-7-4-12-29(41(31)50)26-33(36)43/h25-27,48H,1-24H2/p+1. The zero-order valence-electron chi connectivity index (χ0n) is 31.8. The number of nitrogens with one attached hydrogen (secondary N) is 1. The number of hydrogen-bond donors (Lipinski definition) is 2. The fourth-order valence-electron chi connectivity index (χ4n) is 9.53. The molecule has 0 amide bonds. The molecule has 5 heterocycles. The van der Waals surface area contributed by atoms with E-state index in [0.717, 1.165) is 151 Å². The molecule has 3 aromatic carbocycles. The number of fused-ring (bicyclic) bond motifs is 4. The van der Waals surface area contributed by atoms with Crippen LogP contribution in [0.4, 0.5) is 11.4 Å². The van der Waals surface area contributed by atoms with Gasteiger partial charge in [-0.3, -0.25) is 0 Å². The topological polar surface area (TPSA) is 83.3 Å². The van der Waals surface area contributed by atoms with E-state index in [9.17, 15) is 9.90 Å². The lowest BCUT2D eigenvalue weighted by molar-refractivity contribution is 0.0501. The maximum atomic E-state index is 13.3. The summed E-state index contributed by atoms with van der Waals surface area (Å²) in [6.45, 7) is 6.82. The van der Waals surface area contributed by atoms with Crippen molar-refractivity contribution in [3.8, 4) is 11.5 Å². The molecule has 0 radical (unpaired) electrons. The van der Waals surface area contributed by atoms with E-state index in [4.69, 9.17) is 49.0 Å². The number of carboxylic acids is 1. The van der Waals surface area contributed by atoms with Gasteiger partial charge in [0.25, 0.3) is 0 Å². The van der Waals surface area contributed by atoms with E-state index < -0.39 is 5.97 Å². The molecule has 11 heteroatoms. The number of aryl methyl sites for hydroxylation is 2. The lowest BCUT2D eigenvalue weighted by atomic mass is 9.83. The first-order valence-electron chi connectivity index (χ1n) is 20.6. The van der Waals surface area contributed by atoms with E-state index in [1.54, 1.807) is 6.07 Å². The van der Waals surface area contributed by atoms with E-state index in [2.05, 4.69) is 26.9 Å². The first-order valence-corrected chi connectivity index (χ1v) is 21.9. The molecule has 55 heavy (non-hydrogen) atoms. The number of unbranched alkanes of at least 4 members (excludes halogenated alkanes) is 3. The van der Waals surface area contributed by atoms with Gasteiger partial charge >= 0.3 is 5.97 Å². The monoisotopic (exact) mass is 808 g/mol. The molecule has 0 fully saturated rings. The third-order valence-corrected chi connectivity index (χ3v) is 12.9. The van der Waals surface area contributed by atoms with Crippen molar-refractivity contribution in [2.24, 2.45) is 0 Å². The third kappa shape index (κ3) is 7.83. The lowest BCUT2D eigenvalue weighted by Crippen LogP contribution is -2.41. The molecule has 0 aliphatic carbocycles. The number of ether oxygens (including phenoxy) is 3. The molecule has 3 aromatic rings. The van der Waals surface area contributed by atoms with Crippen molar-refractivity contribution in [2.45, 2.75) is 89.9 Å². The van der Waals surface area contributed by atoms with Gasteiger partial charge in [-0.05, 0) is 88.0 Å². The minimum atomic E-state index is -1.11. The number of nitrogens with zero attached hydrogens (tertiary/aromatic N) is 2. The van der Waals surface area contributed by atoms with E-state index >= 15 is 0 Å². The number of aromatic carboxylic acids is 1. The second-order valence-corrected chi connectivity index (χ2v) is 16.7. The zero-order valence-corrected chi connectivity index (χ0v) is 34.1. The van der Waals surface area contributed by atoms with Crippen LogP contribution in [0.1, 0.15) is 108 Å². The highest BCUT2D eigenvalue weighted by atomic mass is 35.5. The first kappa shape index (κ1) is 38.8. The van der Waals surface area contributed by atoms with Crippen LogP contribution in [0.2, 0.25) is 10.0 Å². The SMILES string of the molecule is O=C(O)c1c(Cl)cc(NCCOCCOCCCCCCCl)c(Cl)c1C1=c2cc3c4c(c2Oc2c1cc1c5c2CCCN5CCCC1)CCC[N+]=4CCCC3. The highest BCUT2D eigenvalue weighted by Crippen LogP contribution is 2.50. The Morgan fingerprint density at radius 3 is 2.44 bits per heavy atom. The quantitative estimate of drug-likeness (QED) is 0.0713. The lowest BCUT2D eigenvalue weighted by Gasteiger charge is -2.36. The van der Waals surface area contributed by atoms with Crippen molar-refractivity contribution in [3.05, 3.63) is 77.8 Å². The van der Waals surface area contributed by atoms with Crippen LogP contribution in [0.15, 0.2) is 18.2 Å². The Kier molecular flexibility index (Phi) is 12.5. The van der Waals surface area contributed by atoms with Gasteiger partial charge in [-0.25, -0.2) is 9.37 Å². The molecule has 0 saturated heterocycles. The zero-order chi connectivity index (χ0) is 37.9. The van der Waals surface area contributed by atoms with E-state index in [1.165, 1.54) is 33.3 Å². The highest BCUT2D eigenvalue weighted by Gasteiger charge is 2.37. The van der Waals surface area contributed by atoms with Gasteiger partial charge in [0.2, 0.25) is 5.36 Å². The van der Waals surface area contributed by atoms with E-state index in [1.807, 2.05) is 0 Å². The number of anilines is 2. The van der Waals surface area contributed by atoms with Crippen LogP contribution < -0.4 is 30.1 Å². The minimum Gasteiger partial charge on any atom is -0.478 e. The van der Waals surface area contributed by atoms with Crippen LogP contribution in [0, 0.1) is 0 Å². The van der Waals surface area contributed by atoms with Gasteiger partial charge < -0.3 is 29.5 Å². The molecule has 2 N–H and O–H groups in total. The van der Waals surface area contributed by atoms with Crippen LogP contribution in [0.25, 0.3) is 5.57 Å². The van der Waals surface area contributed by atoms with Crippen molar-refractivity contribution in [1.29, 1.82) is 0 Å². The predicted molar refractivity (Wildman–Crippen MR) is 222 cm³/mol. The summed E-state index contributed by atoms with van der Waals surface area (Å²) in [5.41, 5.74) is 9.15. The Hall–Kier alpha value is -3.01. The van der Waals surface area contributed by atoms with Crippen LogP contribution in [0.5, 0.6) is 11.5 Å². The Balaban J connectivity index is 1.21. The van der Waals surface area contributed by atoms with Crippen LogP contribution in [-0.2, 0) is 35.2 Å². The average Bonchev–Trinajstić information content (AvgIpc) is 3.53. The largest absolute Gasteiger partial charge is 0.478 e. The first-order chi connectivity index (χ1) is 27.0. The maximum absolute atomic E-state index is 13.3. The summed E-state index contributed by atoms with van der Waals surface area (Å²) < 4.78 is 21.4. The normalized spacial score (nSPS) is 17.0. The Morgan fingerprint density at radius 1 is 0.818 bits per heavy atom. The van der Waals surface area contributed by atoms with Gasteiger partial charge in [-0.1, -0.05) is 36.0 Å². The second kappa shape index (κ2) is 17.6. The Bertz CT molecular complexity index is 2090. The summed E-state index contributed by atoms with van der Waals surface area (Å²) in [5, 5.41) is 17.0. The fourth-order valence-corrected chi connectivity index (χ4v) is 10.3. The second-order valence-electron chi connectivity index (χ2n) is 15.6. The van der Waals surface area contributed by atoms with Crippen LogP contribution in [-0.4, -0.2) is 76.1 Å². The maximum Gasteiger partial charge on any atom is 0.337 e. The summed E-state index contributed by atoms with van der Waals surface area (Å²) in [5.74, 6) is 1.30. The summed E-state index contributed by atoms with van der Waals surface area (Å²) in [6.07, 6.45) is 14.7. The van der Waals surface area contributed by atoms with Gasteiger partial charge in [0, 0.05) is 83.7 Å². The van der Waals surface area contributed by atoms with Crippen molar-refractivity contribution in [2.75, 3.05) is 75.2 Å². The van der Waals surface area contributed by atoms with Gasteiger partial charge in [0.1, 0.15) is 24.6 Å². The average molecular weight is 810 g/mol. The molecule has 0 saturated carbocycles. The summed E-state index contributed by atoms with van der Waals surface area (Å²) >= 11 is 20.2. The van der Waals surface area contributed by atoms with Crippen LogP contribution >= 0.6 is 34.8 Å². The molecule has 0 unspecified atom stereocenters. The third-order valence-electron chi connectivity index (χ3n) is 12.0.